The molecule has 0 aliphatic heterocycles. The van der Waals surface area contributed by atoms with Crippen LogP contribution in [0.1, 0.15) is 5.69 Å². The summed E-state index contributed by atoms with van der Waals surface area (Å²) in [5.41, 5.74) is -0.209. The Morgan fingerprint density at radius 2 is 1.76 bits per heavy atom. The smallest absolute Gasteiger partial charge is 0.433 e. The molecule has 0 bridgehead atoms. The minimum absolute atomic E-state index is 0.000525. The van der Waals surface area contributed by atoms with Gasteiger partial charge in [-0.25, -0.2) is 9.97 Å². The molecule has 4 heterocycles. The Kier molecular flexibility index (Phi) is 5.65. The number of alkyl halides is 6. The fourth-order valence-corrected chi connectivity index (χ4v) is 3.84. The molecule has 0 N–H and O–H groups in total. The third kappa shape index (κ3) is 4.71. The fraction of sp³-hybridized carbons (Fsp3) is 0.167. The highest BCUT2D eigenvalue weighted by molar-refractivity contribution is 5.93. The minimum atomic E-state index is -4.70. The van der Waals surface area contributed by atoms with Gasteiger partial charge in [0.2, 0.25) is 5.88 Å². The van der Waals surface area contributed by atoms with Crippen LogP contribution in [0.3, 0.4) is 0 Å². The third-order valence-corrected chi connectivity index (χ3v) is 5.55. The zero-order valence-electron chi connectivity index (χ0n) is 18.8. The number of hydrogen-bond donors (Lipinski definition) is 0. The summed E-state index contributed by atoms with van der Waals surface area (Å²) < 4.78 is 84.8. The zero-order valence-corrected chi connectivity index (χ0v) is 18.8. The summed E-state index contributed by atoms with van der Waals surface area (Å²) in [5.74, 6) is -0.403. The third-order valence-electron chi connectivity index (χ3n) is 5.55. The Morgan fingerprint density at radius 3 is 2.43 bits per heavy atom. The Balaban J connectivity index is 1.73. The lowest BCUT2D eigenvalue weighted by atomic mass is 10.1. The topological polar surface area (TPSA) is 74.8 Å². The molecule has 1 aromatic carbocycles. The van der Waals surface area contributed by atoms with Crippen LogP contribution >= 0.6 is 0 Å². The summed E-state index contributed by atoms with van der Waals surface area (Å²) >= 11 is 0. The van der Waals surface area contributed by atoms with E-state index in [4.69, 9.17) is 4.74 Å². The lowest BCUT2D eigenvalue weighted by Gasteiger charge is -2.14. The van der Waals surface area contributed by atoms with Crippen LogP contribution in [0, 0.1) is 0 Å². The number of fused-ring (bicyclic) bond motifs is 2. The number of hydrogen-bond acceptors (Lipinski definition) is 5. The first kappa shape index (κ1) is 24.3. The molecule has 0 radical (unpaired) electrons. The van der Waals surface area contributed by atoms with Crippen molar-refractivity contribution in [3.8, 4) is 22.7 Å². The summed E-state index contributed by atoms with van der Waals surface area (Å²) in [6.07, 6.45) is -5.41. The van der Waals surface area contributed by atoms with Gasteiger partial charge in [-0.1, -0.05) is 6.07 Å². The van der Waals surface area contributed by atoms with Gasteiger partial charge in [0.15, 0.2) is 6.61 Å². The van der Waals surface area contributed by atoms with Crippen molar-refractivity contribution in [2.45, 2.75) is 12.4 Å². The van der Waals surface area contributed by atoms with Gasteiger partial charge in [0, 0.05) is 36.5 Å². The van der Waals surface area contributed by atoms with Crippen LogP contribution in [0.4, 0.5) is 26.3 Å². The highest BCUT2D eigenvalue weighted by Gasteiger charge is 2.32. The molecule has 0 atom stereocenters. The van der Waals surface area contributed by atoms with E-state index in [9.17, 15) is 31.1 Å². The van der Waals surface area contributed by atoms with Gasteiger partial charge in [-0.2, -0.15) is 26.3 Å². The first-order valence-corrected chi connectivity index (χ1v) is 10.6. The van der Waals surface area contributed by atoms with Crippen LogP contribution in [0.15, 0.2) is 66.0 Å². The molecule has 5 rings (SSSR count). The largest absolute Gasteiger partial charge is 0.468 e. The number of halogens is 6. The summed E-state index contributed by atoms with van der Waals surface area (Å²) in [6.45, 7) is -1.61. The van der Waals surface area contributed by atoms with E-state index < -0.39 is 36.1 Å². The summed E-state index contributed by atoms with van der Waals surface area (Å²) in [7, 11) is 1.77. The van der Waals surface area contributed by atoms with Crippen LogP contribution in [0.25, 0.3) is 38.8 Å². The van der Waals surface area contributed by atoms with Crippen molar-refractivity contribution in [1.29, 1.82) is 0 Å². The Morgan fingerprint density at radius 1 is 0.973 bits per heavy atom. The second kappa shape index (κ2) is 8.61. The second-order valence-electron chi connectivity index (χ2n) is 8.13. The number of rotatable bonds is 4. The molecule has 190 valence electrons. The molecule has 0 spiro atoms. The quantitative estimate of drug-likeness (QED) is 0.302. The molecule has 5 aromatic rings. The molecule has 13 heteroatoms. The van der Waals surface area contributed by atoms with E-state index in [1.54, 1.807) is 36.1 Å². The van der Waals surface area contributed by atoms with Crippen molar-refractivity contribution in [3.63, 3.8) is 0 Å². The zero-order chi connectivity index (χ0) is 26.5. The van der Waals surface area contributed by atoms with Crippen LogP contribution in [-0.2, 0) is 13.2 Å². The van der Waals surface area contributed by atoms with Gasteiger partial charge in [0.05, 0.1) is 34.1 Å². The minimum Gasteiger partial charge on any atom is -0.468 e. The van der Waals surface area contributed by atoms with Crippen molar-refractivity contribution in [2.24, 2.45) is 7.05 Å². The molecule has 0 fully saturated rings. The predicted molar refractivity (Wildman–Crippen MR) is 121 cm³/mol. The first-order chi connectivity index (χ1) is 17.4. The number of aryl methyl sites for hydroxylation is 1. The van der Waals surface area contributed by atoms with Crippen LogP contribution in [-0.4, -0.2) is 36.9 Å². The summed E-state index contributed by atoms with van der Waals surface area (Å²) in [5, 5.41) is 0.332. The number of pyridine rings is 3. The summed E-state index contributed by atoms with van der Waals surface area (Å²) in [4.78, 5) is 25.4. The molecule has 37 heavy (non-hydrogen) atoms. The molecule has 0 aliphatic rings. The van der Waals surface area contributed by atoms with E-state index in [1.807, 2.05) is 0 Å². The van der Waals surface area contributed by atoms with Gasteiger partial charge < -0.3 is 9.30 Å². The number of nitrogens with zero attached hydrogens (tertiary/aromatic N) is 5. The van der Waals surface area contributed by atoms with Gasteiger partial charge in [0.25, 0.3) is 5.56 Å². The molecule has 4 aromatic heterocycles. The molecular weight excluding hydrogens is 504 g/mol. The normalized spacial score (nSPS) is 12.4. The Labute approximate surface area is 203 Å². The van der Waals surface area contributed by atoms with Crippen LogP contribution in [0.5, 0.6) is 5.88 Å². The molecule has 0 aliphatic carbocycles. The highest BCUT2D eigenvalue weighted by atomic mass is 19.4. The van der Waals surface area contributed by atoms with Gasteiger partial charge >= 0.3 is 12.4 Å². The lowest BCUT2D eigenvalue weighted by Crippen LogP contribution is -2.21. The van der Waals surface area contributed by atoms with Gasteiger partial charge in [-0.3, -0.25) is 14.3 Å². The lowest BCUT2D eigenvalue weighted by molar-refractivity contribution is -0.154. The summed E-state index contributed by atoms with van der Waals surface area (Å²) in [6, 6.07) is 9.45. The predicted octanol–water partition coefficient (Wildman–Crippen LogP) is 5.29. The Hall–Kier alpha value is -4.42. The molecule has 7 nitrogen and oxygen atoms in total. The SMILES string of the molecule is Cn1cnc2ccc(-n3cc4ccc(OCC(F)(F)F)nc4c(-c4ccc(C(F)(F)F)nc4)c3=O)cc21. The van der Waals surface area contributed by atoms with Gasteiger partial charge in [-0.05, 0) is 30.3 Å². The van der Waals surface area contributed by atoms with Crippen molar-refractivity contribution >= 4 is 21.9 Å². The van der Waals surface area contributed by atoms with Crippen LogP contribution < -0.4 is 10.3 Å². The number of aromatic nitrogens is 5. The average molecular weight is 519 g/mol. The maximum atomic E-state index is 13.7. The number of benzene rings is 1. The maximum absolute atomic E-state index is 13.7. The molecule has 0 amide bonds. The van der Waals surface area contributed by atoms with E-state index >= 15 is 0 Å². The molecule has 0 unspecified atom stereocenters. The standard InChI is InChI=1S/C24H15F6N5O2/c1-34-12-32-16-5-4-15(8-17(16)34)35-10-14-3-7-19(37-11-23(25,26)27)33-21(14)20(22(35)36)13-2-6-18(31-9-13)24(28,29)30/h2-10,12H,11H2,1H3. The Bertz CT molecular complexity index is 1690. The van der Waals surface area contributed by atoms with E-state index in [2.05, 4.69) is 15.0 Å². The fourth-order valence-electron chi connectivity index (χ4n) is 3.84. The van der Waals surface area contributed by atoms with Crippen molar-refractivity contribution < 1.29 is 31.1 Å². The average Bonchev–Trinajstić information content (AvgIpc) is 3.21. The number of imidazole rings is 1. The van der Waals surface area contributed by atoms with Crippen molar-refractivity contribution in [3.05, 3.63) is 77.2 Å². The molecule has 0 saturated heterocycles. The van der Waals surface area contributed by atoms with Gasteiger partial charge in [-0.15, -0.1) is 0 Å². The van der Waals surface area contributed by atoms with E-state index in [0.29, 0.717) is 22.7 Å². The monoisotopic (exact) mass is 519 g/mol. The molecular formula is C24H15F6N5O2. The number of ether oxygens (including phenoxy) is 1. The van der Waals surface area contributed by atoms with Crippen molar-refractivity contribution in [1.82, 2.24) is 24.1 Å². The van der Waals surface area contributed by atoms with Gasteiger partial charge in [0.1, 0.15) is 5.69 Å². The van der Waals surface area contributed by atoms with Crippen LogP contribution in [0.2, 0.25) is 0 Å². The second-order valence-corrected chi connectivity index (χ2v) is 8.13. The van der Waals surface area contributed by atoms with Crippen molar-refractivity contribution in [2.75, 3.05) is 6.61 Å². The highest BCUT2D eigenvalue weighted by Crippen LogP contribution is 2.31. The van der Waals surface area contributed by atoms with E-state index in [1.165, 1.54) is 22.9 Å². The first-order valence-electron chi connectivity index (χ1n) is 10.6. The van der Waals surface area contributed by atoms with E-state index in [0.717, 1.165) is 17.8 Å². The maximum Gasteiger partial charge on any atom is 0.433 e. The van der Waals surface area contributed by atoms with E-state index in [-0.39, 0.29) is 16.6 Å². The molecule has 0 saturated carbocycles.